The predicted molar refractivity (Wildman–Crippen MR) is 65.6 cm³/mol. The van der Waals surface area contributed by atoms with Crippen molar-refractivity contribution in [1.82, 2.24) is 14.8 Å². The third-order valence-electron chi connectivity index (χ3n) is 2.17. The molecule has 0 fully saturated rings. The van der Waals surface area contributed by atoms with Crippen molar-refractivity contribution in [2.75, 3.05) is 6.61 Å². The quantitative estimate of drug-likeness (QED) is 0.911. The van der Waals surface area contributed by atoms with Gasteiger partial charge in [0.1, 0.15) is 36.9 Å². The molecule has 0 radical (unpaired) electrons. The van der Waals surface area contributed by atoms with Crippen LogP contribution in [0.3, 0.4) is 0 Å². The van der Waals surface area contributed by atoms with E-state index in [2.05, 4.69) is 26.1 Å². The second-order valence-corrected chi connectivity index (χ2v) is 4.64. The van der Waals surface area contributed by atoms with Crippen molar-refractivity contribution in [2.45, 2.75) is 12.6 Å². The van der Waals surface area contributed by atoms with E-state index in [4.69, 9.17) is 4.74 Å². The summed E-state index contributed by atoms with van der Waals surface area (Å²) in [6, 6.07) is 4.23. The van der Waals surface area contributed by atoms with E-state index in [1.807, 2.05) is 0 Å². The molecule has 1 aromatic carbocycles. The van der Waals surface area contributed by atoms with Gasteiger partial charge in [-0.1, -0.05) is 15.9 Å². The number of aromatic nitrogens is 3. The predicted octanol–water partition coefficient (Wildman–Crippen LogP) is 1.62. The van der Waals surface area contributed by atoms with E-state index in [-0.39, 0.29) is 6.61 Å². The molecule has 18 heavy (non-hydrogen) atoms. The van der Waals surface area contributed by atoms with Crippen LogP contribution in [0.4, 0.5) is 4.39 Å². The van der Waals surface area contributed by atoms with Crippen LogP contribution in [-0.4, -0.2) is 32.6 Å². The molecule has 2 aromatic rings. The summed E-state index contributed by atoms with van der Waals surface area (Å²) < 4.78 is 20.6. The second kappa shape index (κ2) is 5.92. The molecule has 0 bridgehead atoms. The van der Waals surface area contributed by atoms with E-state index in [9.17, 15) is 9.50 Å². The maximum absolute atomic E-state index is 13.1. The van der Waals surface area contributed by atoms with Crippen LogP contribution >= 0.6 is 15.9 Å². The fraction of sp³-hybridized carbons (Fsp3) is 0.273. The second-order valence-electron chi connectivity index (χ2n) is 3.73. The highest BCUT2D eigenvalue weighted by atomic mass is 79.9. The van der Waals surface area contributed by atoms with Crippen LogP contribution in [0.1, 0.15) is 0 Å². The van der Waals surface area contributed by atoms with Gasteiger partial charge in [-0.25, -0.2) is 4.39 Å². The maximum atomic E-state index is 13.1. The lowest BCUT2D eigenvalue weighted by Gasteiger charge is -2.12. The van der Waals surface area contributed by atoms with Crippen molar-refractivity contribution in [1.29, 1.82) is 0 Å². The fourth-order valence-electron chi connectivity index (χ4n) is 1.42. The Morgan fingerprint density at radius 1 is 1.33 bits per heavy atom. The van der Waals surface area contributed by atoms with Crippen LogP contribution in [0.5, 0.6) is 5.75 Å². The highest BCUT2D eigenvalue weighted by Crippen LogP contribution is 2.20. The van der Waals surface area contributed by atoms with Gasteiger partial charge >= 0.3 is 0 Å². The summed E-state index contributed by atoms with van der Waals surface area (Å²) in [5.74, 6) is -0.0302. The summed E-state index contributed by atoms with van der Waals surface area (Å²) >= 11 is 3.17. The Morgan fingerprint density at radius 2 is 2.06 bits per heavy atom. The Balaban J connectivity index is 1.87. The minimum Gasteiger partial charge on any atom is -0.491 e. The van der Waals surface area contributed by atoms with E-state index >= 15 is 0 Å². The molecule has 0 saturated carbocycles. The van der Waals surface area contributed by atoms with Crippen molar-refractivity contribution in [3.05, 3.63) is 41.1 Å². The standard InChI is InChI=1S/C11H11BrFN3O2/c12-8-1-9(13)3-11(2-8)18-5-10(17)4-16-6-14-15-7-16/h1-3,6-7,10,17H,4-5H2/t10-/m0/s1. The Labute approximate surface area is 111 Å². The van der Waals surface area contributed by atoms with E-state index in [1.54, 1.807) is 10.6 Å². The molecule has 1 N–H and O–H groups in total. The Bertz CT molecular complexity index is 487. The van der Waals surface area contributed by atoms with Crippen LogP contribution in [0.2, 0.25) is 0 Å². The van der Waals surface area contributed by atoms with E-state index in [0.717, 1.165) is 0 Å². The zero-order valence-corrected chi connectivity index (χ0v) is 10.9. The molecule has 2 rings (SSSR count). The lowest BCUT2D eigenvalue weighted by atomic mass is 10.3. The summed E-state index contributed by atoms with van der Waals surface area (Å²) in [7, 11) is 0. The van der Waals surface area contributed by atoms with Crippen molar-refractivity contribution in [3.8, 4) is 5.75 Å². The van der Waals surface area contributed by atoms with Gasteiger partial charge in [0.05, 0.1) is 6.54 Å². The molecule has 0 amide bonds. The molecule has 7 heteroatoms. The molecule has 5 nitrogen and oxygen atoms in total. The van der Waals surface area contributed by atoms with Gasteiger partial charge in [0.2, 0.25) is 0 Å². The first kappa shape index (κ1) is 13.0. The highest BCUT2D eigenvalue weighted by Gasteiger charge is 2.07. The first-order valence-corrected chi connectivity index (χ1v) is 6.02. The highest BCUT2D eigenvalue weighted by molar-refractivity contribution is 9.10. The van der Waals surface area contributed by atoms with E-state index in [1.165, 1.54) is 24.8 Å². The molecule has 96 valence electrons. The van der Waals surface area contributed by atoms with E-state index < -0.39 is 11.9 Å². The Morgan fingerprint density at radius 3 is 2.72 bits per heavy atom. The molecule has 1 aromatic heterocycles. The first-order chi connectivity index (χ1) is 8.63. The van der Waals surface area contributed by atoms with Crippen LogP contribution in [0, 0.1) is 5.82 Å². The largest absolute Gasteiger partial charge is 0.491 e. The third kappa shape index (κ3) is 3.78. The zero-order valence-electron chi connectivity index (χ0n) is 9.33. The summed E-state index contributed by atoms with van der Waals surface area (Å²) in [6.45, 7) is 0.386. The molecule has 0 spiro atoms. The zero-order chi connectivity index (χ0) is 13.0. The topological polar surface area (TPSA) is 60.2 Å². The van der Waals surface area contributed by atoms with Gasteiger partial charge < -0.3 is 14.4 Å². The number of hydrogen-bond acceptors (Lipinski definition) is 4. The van der Waals surface area contributed by atoms with Gasteiger partial charge in [-0.15, -0.1) is 10.2 Å². The average molecular weight is 316 g/mol. The van der Waals surface area contributed by atoms with Gasteiger partial charge in [0.15, 0.2) is 0 Å². The number of nitrogens with zero attached hydrogens (tertiary/aromatic N) is 3. The fourth-order valence-corrected chi connectivity index (χ4v) is 1.86. The monoisotopic (exact) mass is 315 g/mol. The van der Waals surface area contributed by atoms with Crippen LogP contribution in [0.25, 0.3) is 0 Å². The van der Waals surface area contributed by atoms with Crippen LogP contribution < -0.4 is 4.74 Å². The van der Waals surface area contributed by atoms with Crippen molar-refractivity contribution < 1.29 is 14.2 Å². The lowest BCUT2D eigenvalue weighted by molar-refractivity contribution is 0.0922. The van der Waals surface area contributed by atoms with Crippen LogP contribution in [-0.2, 0) is 6.54 Å². The summed E-state index contributed by atoms with van der Waals surface area (Å²) in [5, 5.41) is 17.0. The van der Waals surface area contributed by atoms with Gasteiger partial charge in [-0.2, -0.15) is 0 Å². The van der Waals surface area contributed by atoms with Crippen LogP contribution in [0.15, 0.2) is 35.3 Å². The Hall–Kier alpha value is -1.47. The smallest absolute Gasteiger partial charge is 0.128 e. The summed E-state index contributed by atoms with van der Waals surface area (Å²) in [5.41, 5.74) is 0. The normalized spacial score (nSPS) is 12.4. The van der Waals surface area contributed by atoms with Gasteiger partial charge in [-0.3, -0.25) is 0 Å². The summed E-state index contributed by atoms with van der Waals surface area (Å²) in [4.78, 5) is 0. The molecule has 0 unspecified atom stereocenters. The third-order valence-corrected chi connectivity index (χ3v) is 2.62. The van der Waals surface area contributed by atoms with Gasteiger partial charge in [0.25, 0.3) is 0 Å². The van der Waals surface area contributed by atoms with E-state index in [0.29, 0.717) is 16.8 Å². The molecule has 1 heterocycles. The molecular weight excluding hydrogens is 305 g/mol. The van der Waals surface area contributed by atoms with Crippen molar-refractivity contribution in [3.63, 3.8) is 0 Å². The number of benzene rings is 1. The molecular formula is C11H11BrFN3O2. The molecule has 1 atom stereocenters. The van der Waals surface area contributed by atoms with Gasteiger partial charge in [-0.05, 0) is 12.1 Å². The molecule has 0 saturated heterocycles. The minimum absolute atomic E-state index is 0.0636. The molecule has 0 aliphatic rings. The first-order valence-electron chi connectivity index (χ1n) is 5.23. The molecule has 0 aliphatic carbocycles. The number of hydrogen-bond donors (Lipinski definition) is 1. The van der Waals surface area contributed by atoms with Gasteiger partial charge in [0, 0.05) is 10.5 Å². The number of rotatable bonds is 5. The number of aliphatic hydroxyl groups is 1. The number of ether oxygens (including phenoxy) is 1. The SMILES string of the molecule is O[C@H](COc1cc(F)cc(Br)c1)Cn1cnnc1. The van der Waals surface area contributed by atoms with Crippen molar-refractivity contribution in [2.24, 2.45) is 0 Å². The average Bonchev–Trinajstić information content (AvgIpc) is 2.78. The maximum Gasteiger partial charge on any atom is 0.128 e. The Kier molecular flexibility index (Phi) is 4.27. The lowest BCUT2D eigenvalue weighted by Crippen LogP contribution is -2.23. The minimum atomic E-state index is -0.719. The summed E-state index contributed by atoms with van der Waals surface area (Å²) in [6.07, 6.45) is 2.28. The molecule has 0 aliphatic heterocycles. The number of halogens is 2. The van der Waals surface area contributed by atoms with Crippen molar-refractivity contribution >= 4 is 15.9 Å². The number of aliphatic hydroxyl groups excluding tert-OH is 1.